The van der Waals surface area contributed by atoms with Crippen molar-refractivity contribution in [3.8, 4) is 5.75 Å². The molecule has 0 spiro atoms. The van der Waals surface area contributed by atoms with Crippen molar-refractivity contribution >= 4 is 34.1 Å². The highest BCUT2D eigenvalue weighted by atomic mass is 35.5. The molecule has 0 radical (unpaired) electrons. The monoisotopic (exact) mass is 298 g/mol. The number of aromatic nitrogens is 1. The molecule has 4 nitrogen and oxygen atoms in total. The number of pyridine rings is 1. The third-order valence-electron chi connectivity index (χ3n) is 3.10. The zero-order valence-electron chi connectivity index (χ0n) is 10.9. The van der Waals surface area contributed by atoms with Gasteiger partial charge in [-0.25, -0.2) is 0 Å². The molecular formula is C16H11ClN2O2. The number of phenols is 1. The fourth-order valence-electron chi connectivity index (χ4n) is 2.09. The standard InChI is InChI=1S/C16H11ClN2O2/c17-10-6-7-15(20)12(9-10)16(21)19-14-5-1-4-13-11(14)3-2-8-18-13/h1-9,20H,(H,19,21). The molecule has 1 heterocycles. The van der Waals surface area contributed by atoms with Gasteiger partial charge in [0, 0.05) is 16.6 Å². The van der Waals surface area contributed by atoms with E-state index in [0.717, 1.165) is 10.9 Å². The summed E-state index contributed by atoms with van der Waals surface area (Å²) < 4.78 is 0. The van der Waals surface area contributed by atoms with E-state index in [1.54, 1.807) is 18.3 Å². The number of carbonyl (C=O) groups is 1. The van der Waals surface area contributed by atoms with Gasteiger partial charge < -0.3 is 10.4 Å². The number of carbonyl (C=O) groups excluding carboxylic acids is 1. The highest BCUT2D eigenvalue weighted by Crippen LogP contribution is 2.25. The molecule has 2 N–H and O–H groups in total. The number of nitrogens with zero attached hydrogens (tertiary/aromatic N) is 1. The average Bonchev–Trinajstić information content (AvgIpc) is 2.50. The minimum atomic E-state index is -0.425. The van der Waals surface area contributed by atoms with Crippen LogP contribution >= 0.6 is 11.6 Å². The molecule has 21 heavy (non-hydrogen) atoms. The van der Waals surface area contributed by atoms with E-state index in [2.05, 4.69) is 10.3 Å². The van der Waals surface area contributed by atoms with Gasteiger partial charge >= 0.3 is 0 Å². The maximum Gasteiger partial charge on any atom is 0.259 e. The maximum absolute atomic E-state index is 12.3. The summed E-state index contributed by atoms with van der Waals surface area (Å²) >= 11 is 5.86. The van der Waals surface area contributed by atoms with Gasteiger partial charge in [0.15, 0.2) is 0 Å². The molecule has 0 atom stereocenters. The second kappa shape index (κ2) is 5.42. The fraction of sp³-hybridized carbons (Fsp3) is 0. The molecule has 0 saturated carbocycles. The molecule has 0 fully saturated rings. The fourth-order valence-corrected chi connectivity index (χ4v) is 2.26. The van der Waals surface area contributed by atoms with Crippen LogP contribution in [-0.2, 0) is 0 Å². The molecule has 3 aromatic rings. The number of rotatable bonds is 2. The molecule has 0 aliphatic rings. The van der Waals surface area contributed by atoms with Crippen LogP contribution < -0.4 is 5.32 Å². The van der Waals surface area contributed by atoms with Crippen LogP contribution in [-0.4, -0.2) is 16.0 Å². The molecule has 104 valence electrons. The molecule has 0 unspecified atom stereocenters. The van der Waals surface area contributed by atoms with Crippen LogP contribution in [0.25, 0.3) is 10.9 Å². The number of aromatic hydroxyl groups is 1. The number of halogens is 1. The van der Waals surface area contributed by atoms with Crippen molar-refractivity contribution in [1.82, 2.24) is 4.98 Å². The van der Waals surface area contributed by atoms with Crippen LogP contribution in [0.15, 0.2) is 54.7 Å². The summed E-state index contributed by atoms with van der Waals surface area (Å²) in [5.74, 6) is -0.540. The molecule has 3 rings (SSSR count). The van der Waals surface area contributed by atoms with Gasteiger partial charge in [-0.2, -0.15) is 0 Å². The predicted octanol–water partition coefficient (Wildman–Crippen LogP) is 3.85. The van der Waals surface area contributed by atoms with Crippen molar-refractivity contribution in [2.75, 3.05) is 5.32 Å². The summed E-state index contributed by atoms with van der Waals surface area (Å²) in [5, 5.41) is 13.8. The predicted molar refractivity (Wildman–Crippen MR) is 82.8 cm³/mol. The van der Waals surface area contributed by atoms with Gasteiger partial charge in [0.1, 0.15) is 5.75 Å². The van der Waals surface area contributed by atoms with E-state index >= 15 is 0 Å². The Morgan fingerprint density at radius 2 is 2.00 bits per heavy atom. The summed E-state index contributed by atoms with van der Waals surface area (Å²) in [6.07, 6.45) is 1.69. The van der Waals surface area contributed by atoms with Crippen molar-refractivity contribution in [2.24, 2.45) is 0 Å². The molecule has 0 aliphatic carbocycles. The van der Waals surface area contributed by atoms with Crippen LogP contribution in [0.3, 0.4) is 0 Å². The van der Waals surface area contributed by atoms with E-state index in [1.165, 1.54) is 18.2 Å². The highest BCUT2D eigenvalue weighted by Gasteiger charge is 2.13. The number of anilines is 1. The molecule has 0 aliphatic heterocycles. The van der Waals surface area contributed by atoms with Crippen molar-refractivity contribution in [3.63, 3.8) is 0 Å². The Labute approximate surface area is 126 Å². The lowest BCUT2D eigenvalue weighted by atomic mass is 10.1. The van der Waals surface area contributed by atoms with E-state index in [9.17, 15) is 9.90 Å². The Morgan fingerprint density at radius 1 is 1.14 bits per heavy atom. The zero-order valence-corrected chi connectivity index (χ0v) is 11.6. The second-order valence-corrected chi connectivity index (χ2v) is 4.93. The SMILES string of the molecule is O=C(Nc1cccc2ncccc12)c1cc(Cl)ccc1O. The Balaban J connectivity index is 1.99. The van der Waals surface area contributed by atoms with Gasteiger partial charge in [-0.15, -0.1) is 0 Å². The van der Waals surface area contributed by atoms with Gasteiger partial charge in [0.25, 0.3) is 5.91 Å². The minimum Gasteiger partial charge on any atom is -0.507 e. The summed E-state index contributed by atoms with van der Waals surface area (Å²) in [6, 6.07) is 13.5. The molecule has 1 aromatic heterocycles. The zero-order chi connectivity index (χ0) is 14.8. The van der Waals surface area contributed by atoms with E-state index in [1.807, 2.05) is 18.2 Å². The van der Waals surface area contributed by atoms with E-state index in [-0.39, 0.29) is 11.3 Å². The van der Waals surface area contributed by atoms with Crippen LogP contribution in [0.1, 0.15) is 10.4 Å². The average molecular weight is 299 g/mol. The van der Waals surface area contributed by atoms with Crippen LogP contribution in [0, 0.1) is 0 Å². The van der Waals surface area contributed by atoms with Crippen LogP contribution in [0.2, 0.25) is 5.02 Å². The minimum absolute atomic E-state index is 0.115. The Bertz CT molecular complexity index is 828. The van der Waals surface area contributed by atoms with E-state index in [0.29, 0.717) is 10.7 Å². The highest BCUT2D eigenvalue weighted by molar-refractivity contribution is 6.31. The lowest BCUT2D eigenvalue weighted by Gasteiger charge is -2.09. The largest absolute Gasteiger partial charge is 0.507 e. The van der Waals surface area contributed by atoms with Gasteiger partial charge in [-0.05, 0) is 42.5 Å². The Morgan fingerprint density at radius 3 is 2.86 bits per heavy atom. The third-order valence-corrected chi connectivity index (χ3v) is 3.33. The first kappa shape index (κ1) is 13.4. The number of benzene rings is 2. The summed E-state index contributed by atoms with van der Waals surface area (Å²) in [5.41, 5.74) is 1.54. The lowest BCUT2D eigenvalue weighted by Crippen LogP contribution is -2.12. The van der Waals surface area contributed by atoms with Gasteiger partial charge in [-0.1, -0.05) is 17.7 Å². The van der Waals surface area contributed by atoms with Gasteiger partial charge in [0.05, 0.1) is 16.8 Å². The smallest absolute Gasteiger partial charge is 0.259 e. The van der Waals surface area contributed by atoms with Crippen molar-refractivity contribution in [1.29, 1.82) is 0 Å². The molecule has 5 heteroatoms. The summed E-state index contributed by atoms with van der Waals surface area (Å²) in [7, 11) is 0. The third kappa shape index (κ3) is 2.66. The van der Waals surface area contributed by atoms with E-state index in [4.69, 9.17) is 11.6 Å². The van der Waals surface area contributed by atoms with E-state index < -0.39 is 5.91 Å². The molecule has 1 amide bonds. The Kier molecular flexibility index (Phi) is 3.46. The second-order valence-electron chi connectivity index (χ2n) is 4.49. The Hall–Kier alpha value is -2.59. The summed E-state index contributed by atoms with van der Waals surface area (Å²) in [4.78, 5) is 16.5. The van der Waals surface area contributed by atoms with Gasteiger partial charge in [-0.3, -0.25) is 9.78 Å². The first-order valence-electron chi connectivity index (χ1n) is 6.29. The molecule has 0 bridgehead atoms. The normalized spacial score (nSPS) is 10.5. The van der Waals surface area contributed by atoms with Crippen LogP contribution in [0.5, 0.6) is 5.75 Å². The number of hydrogen-bond donors (Lipinski definition) is 2. The first-order valence-corrected chi connectivity index (χ1v) is 6.66. The number of amides is 1. The maximum atomic E-state index is 12.3. The van der Waals surface area contributed by atoms with Crippen molar-refractivity contribution in [2.45, 2.75) is 0 Å². The lowest BCUT2D eigenvalue weighted by molar-refractivity contribution is 0.102. The molecule has 0 saturated heterocycles. The number of hydrogen-bond acceptors (Lipinski definition) is 3. The quantitative estimate of drug-likeness (QED) is 0.755. The van der Waals surface area contributed by atoms with Crippen LogP contribution in [0.4, 0.5) is 5.69 Å². The van der Waals surface area contributed by atoms with Crippen molar-refractivity contribution < 1.29 is 9.90 Å². The molecule has 2 aromatic carbocycles. The van der Waals surface area contributed by atoms with Crippen molar-refractivity contribution in [3.05, 3.63) is 65.3 Å². The summed E-state index contributed by atoms with van der Waals surface area (Å²) in [6.45, 7) is 0. The first-order chi connectivity index (χ1) is 10.1. The van der Waals surface area contributed by atoms with Gasteiger partial charge in [0.2, 0.25) is 0 Å². The number of fused-ring (bicyclic) bond motifs is 1. The number of nitrogens with one attached hydrogen (secondary N) is 1. The topological polar surface area (TPSA) is 62.2 Å². The number of phenolic OH excluding ortho intramolecular Hbond substituents is 1. The molecular weight excluding hydrogens is 288 g/mol.